The van der Waals surface area contributed by atoms with Crippen LogP contribution in [0.4, 0.5) is 0 Å². The summed E-state index contributed by atoms with van der Waals surface area (Å²) in [5.74, 6) is 1.38. The molecule has 1 aliphatic rings. The topological polar surface area (TPSA) is 26.3 Å². The molecule has 0 N–H and O–H groups in total. The summed E-state index contributed by atoms with van der Waals surface area (Å²) in [7, 11) is 0. The number of hydrogen-bond acceptors (Lipinski definition) is 2. The maximum Gasteiger partial charge on any atom is 0.309 e. The third kappa shape index (κ3) is 1.87. The second kappa shape index (κ2) is 3.69. The van der Waals surface area contributed by atoms with E-state index < -0.39 is 0 Å². The van der Waals surface area contributed by atoms with E-state index >= 15 is 0 Å². The molecule has 0 unspecified atom stereocenters. The van der Waals surface area contributed by atoms with Crippen LogP contribution in [0, 0.1) is 23.7 Å². The van der Waals surface area contributed by atoms with Crippen LogP contribution in [0.3, 0.4) is 0 Å². The summed E-state index contributed by atoms with van der Waals surface area (Å²) in [6.07, 6.45) is 0.110. The van der Waals surface area contributed by atoms with Crippen molar-refractivity contribution in [1.82, 2.24) is 0 Å². The molecule has 1 rings (SSSR count). The van der Waals surface area contributed by atoms with Crippen LogP contribution in [-0.4, -0.2) is 12.1 Å². The maximum atomic E-state index is 11.4. The van der Waals surface area contributed by atoms with E-state index in [1.807, 2.05) is 6.92 Å². The first kappa shape index (κ1) is 10.6. The maximum absolute atomic E-state index is 11.4. The predicted molar refractivity (Wildman–Crippen MR) is 52.2 cm³/mol. The first-order valence-corrected chi connectivity index (χ1v) is 5.15. The summed E-state index contributed by atoms with van der Waals surface area (Å²) in [6.45, 7) is 10.5. The van der Waals surface area contributed by atoms with Gasteiger partial charge in [0.2, 0.25) is 0 Å². The number of ether oxygens (including phenoxy) is 1. The average molecular weight is 184 g/mol. The van der Waals surface area contributed by atoms with Crippen molar-refractivity contribution in [3.63, 3.8) is 0 Å². The number of esters is 1. The van der Waals surface area contributed by atoms with Gasteiger partial charge in [0.05, 0.1) is 5.92 Å². The van der Waals surface area contributed by atoms with Crippen molar-refractivity contribution >= 4 is 5.97 Å². The summed E-state index contributed by atoms with van der Waals surface area (Å²) >= 11 is 0. The molecule has 0 aromatic rings. The lowest BCUT2D eigenvalue weighted by molar-refractivity contribution is -0.173. The normalized spacial score (nSPS) is 40.6. The molecule has 2 nitrogen and oxygen atoms in total. The van der Waals surface area contributed by atoms with E-state index in [4.69, 9.17) is 4.74 Å². The van der Waals surface area contributed by atoms with Gasteiger partial charge in [0.1, 0.15) is 6.10 Å². The van der Waals surface area contributed by atoms with Crippen molar-refractivity contribution in [3.8, 4) is 0 Å². The van der Waals surface area contributed by atoms with Crippen molar-refractivity contribution in [1.29, 1.82) is 0 Å². The van der Waals surface area contributed by atoms with Gasteiger partial charge in [-0.05, 0) is 17.8 Å². The molecule has 0 amide bonds. The number of carbonyl (C=O) groups is 1. The summed E-state index contributed by atoms with van der Waals surface area (Å²) in [4.78, 5) is 11.4. The second-order valence-corrected chi connectivity index (χ2v) is 4.65. The highest BCUT2D eigenvalue weighted by Gasteiger charge is 2.39. The molecule has 2 heteroatoms. The largest absolute Gasteiger partial charge is 0.462 e. The fourth-order valence-corrected chi connectivity index (χ4v) is 2.06. The Morgan fingerprint density at radius 3 is 2.15 bits per heavy atom. The molecule has 0 spiro atoms. The van der Waals surface area contributed by atoms with Crippen LogP contribution in [0.1, 0.15) is 34.6 Å². The summed E-state index contributed by atoms with van der Waals surface area (Å²) in [5, 5.41) is 0. The van der Waals surface area contributed by atoms with Gasteiger partial charge in [-0.3, -0.25) is 4.79 Å². The molecule has 13 heavy (non-hydrogen) atoms. The molecular formula is C11H20O2. The first-order chi connectivity index (χ1) is 5.95. The molecular weight excluding hydrogens is 164 g/mol. The van der Waals surface area contributed by atoms with Gasteiger partial charge >= 0.3 is 5.97 Å². The second-order valence-electron chi connectivity index (χ2n) is 4.65. The lowest BCUT2D eigenvalue weighted by Gasteiger charge is -2.39. The number of rotatable bonds is 1. The molecule has 76 valence electrons. The van der Waals surface area contributed by atoms with E-state index in [-0.39, 0.29) is 18.0 Å². The van der Waals surface area contributed by atoms with Crippen molar-refractivity contribution in [2.45, 2.75) is 40.7 Å². The van der Waals surface area contributed by atoms with Crippen LogP contribution in [0.15, 0.2) is 0 Å². The quantitative estimate of drug-likeness (QED) is 0.585. The van der Waals surface area contributed by atoms with Gasteiger partial charge in [0.25, 0.3) is 0 Å². The van der Waals surface area contributed by atoms with Crippen molar-refractivity contribution < 1.29 is 9.53 Å². The molecule has 1 fully saturated rings. The number of carbonyl (C=O) groups excluding carboxylic acids is 1. The van der Waals surface area contributed by atoms with Crippen LogP contribution in [0.5, 0.6) is 0 Å². The lowest BCUT2D eigenvalue weighted by atomic mass is 9.76. The summed E-state index contributed by atoms with van der Waals surface area (Å²) < 4.78 is 5.40. The Hall–Kier alpha value is -0.530. The van der Waals surface area contributed by atoms with Crippen molar-refractivity contribution in [2.75, 3.05) is 0 Å². The minimum absolute atomic E-state index is 0.0238. The zero-order valence-electron chi connectivity index (χ0n) is 9.20. The van der Waals surface area contributed by atoms with E-state index in [2.05, 4.69) is 27.7 Å². The van der Waals surface area contributed by atoms with Crippen LogP contribution >= 0.6 is 0 Å². The molecule has 0 aromatic heterocycles. The minimum Gasteiger partial charge on any atom is -0.462 e. The summed E-state index contributed by atoms with van der Waals surface area (Å²) in [5.41, 5.74) is 0. The Kier molecular flexibility index (Phi) is 2.99. The Balaban J connectivity index is 2.76. The van der Waals surface area contributed by atoms with Gasteiger partial charge in [-0.1, -0.05) is 34.6 Å². The van der Waals surface area contributed by atoms with Gasteiger partial charge in [-0.25, -0.2) is 0 Å². The van der Waals surface area contributed by atoms with Crippen LogP contribution in [0.2, 0.25) is 0 Å². The molecule has 0 aromatic carbocycles. The third-order valence-electron chi connectivity index (χ3n) is 3.42. The minimum atomic E-state index is -0.0238. The molecule has 1 aliphatic heterocycles. The van der Waals surface area contributed by atoms with Gasteiger partial charge in [0.15, 0.2) is 0 Å². The predicted octanol–water partition coefficient (Wildman–Crippen LogP) is 2.48. The van der Waals surface area contributed by atoms with Gasteiger partial charge in [-0.15, -0.1) is 0 Å². The fraction of sp³-hybridized carbons (Fsp3) is 0.909. The lowest BCUT2D eigenvalue weighted by Crippen LogP contribution is -2.44. The SMILES string of the molecule is CC(C)[C@H]1OC(=O)[C@H](C)[C@@H](C)[C@@H]1C. The summed E-state index contributed by atoms with van der Waals surface area (Å²) in [6, 6.07) is 0. The average Bonchev–Trinajstić information content (AvgIpc) is 2.07. The van der Waals surface area contributed by atoms with Crippen molar-refractivity contribution in [2.24, 2.45) is 23.7 Å². The number of cyclic esters (lactones) is 1. The van der Waals surface area contributed by atoms with Crippen LogP contribution < -0.4 is 0 Å². The Bertz CT molecular complexity index is 198. The van der Waals surface area contributed by atoms with Crippen molar-refractivity contribution in [3.05, 3.63) is 0 Å². The molecule has 1 saturated heterocycles. The number of hydrogen-bond donors (Lipinski definition) is 0. The van der Waals surface area contributed by atoms with E-state index in [0.29, 0.717) is 17.8 Å². The molecule has 1 heterocycles. The van der Waals surface area contributed by atoms with E-state index in [1.54, 1.807) is 0 Å². The third-order valence-corrected chi connectivity index (χ3v) is 3.42. The fourth-order valence-electron chi connectivity index (χ4n) is 2.06. The Morgan fingerprint density at radius 1 is 1.15 bits per heavy atom. The highest BCUT2D eigenvalue weighted by molar-refractivity contribution is 5.73. The van der Waals surface area contributed by atoms with Gasteiger partial charge in [0, 0.05) is 0 Å². The van der Waals surface area contributed by atoms with E-state index in [0.717, 1.165) is 0 Å². The molecule has 0 aliphatic carbocycles. The highest BCUT2D eigenvalue weighted by Crippen LogP contribution is 2.34. The molecule has 0 radical (unpaired) electrons. The molecule has 4 atom stereocenters. The zero-order valence-corrected chi connectivity index (χ0v) is 9.20. The standard InChI is InChI=1S/C11H20O2/c1-6(2)10-8(4)7(3)9(5)11(12)13-10/h6-10H,1-5H3/t7-,8-,9+,10+/m0/s1. The van der Waals surface area contributed by atoms with Gasteiger partial charge < -0.3 is 4.74 Å². The first-order valence-electron chi connectivity index (χ1n) is 5.15. The van der Waals surface area contributed by atoms with Crippen LogP contribution in [0.25, 0.3) is 0 Å². The zero-order chi connectivity index (χ0) is 10.2. The smallest absolute Gasteiger partial charge is 0.309 e. The van der Waals surface area contributed by atoms with E-state index in [9.17, 15) is 4.79 Å². The van der Waals surface area contributed by atoms with E-state index in [1.165, 1.54) is 0 Å². The van der Waals surface area contributed by atoms with Gasteiger partial charge in [-0.2, -0.15) is 0 Å². The van der Waals surface area contributed by atoms with Crippen LogP contribution in [-0.2, 0) is 9.53 Å². The molecule has 0 saturated carbocycles. The molecule has 0 bridgehead atoms. The Morgan fingerprint density at radius 2 is 1.69 bits per heavy atom. The Labute approximate surface area is 80.7 Å². The monoisotopic (exact) mass is 184 g/mol. The highest BCUT2D eigenvalue weighted by atomic mass is 16.5.